The van der Waals surface area contributed by atoms with E-state index in [1.54, 1.807) is 29.5 Å². The van der Waals surface area contributed by atoms with Gasteiger partial charge >= 0.3 is 0 Å². The maximum Gasteiger partial charge on any atom is 0.267 e. The number of primary amides is 1. The summed E-state index contributed by atoms with van der Waals surface area (Å²) in [5.41, 5.74) is 4.94. The third-order valence-corrected chi connectivity index (χ3v) is 2.45. The fourth-order valence-electron chi connectivity index (χ4n) is 1.06. The highest BCUT2D eigenvalue weighted by atomic mass is 127. The van der Waals surface area contributed by atoms with Crippen LogP contribution in [0.25, 0.3) is 0 Å². The Morgan fingerprint density at radius 3 is 2.64 bits per heavy atom. The second-order valence-corrected chi connectivity index (χ2v) is 3.70. The number of rotatable bonds is 2. The van der Waals surface area contributed by atoms with Crippen molar-refractivity contribution in [3.63, 3.8) is 0 Å². The van der Waals surface area contributed by atoms with Crippen LogP contribution in [0.2, 0.25) is 0 Å². The summed E-state index contributed by atoms with van der Waals surface area (Å²) in [6.45, 7) is 1.61. The first-order valence-electron chi connectivity index (χ1n) is 3.68. The van der Waals surface area contributed by atoms with Crippen LogP contribution in [0.1, 0.15) is 28.0 Å². The molecule has 0 aliphatic heterocycles. The average molecular weight is 312 g/mol. The van der Waals surface area contributed by atoms with Crippen LogP contribution >= 0.6 is 22.6 Å². The molecular weight excluding hydrogens is 305 g/mol. The molecule has 14 heavy (non-hydrogen) atoms. The molecule has 1 amide bonds. The molecule has 0 atom stereocenters. The highest BCUT2D eigenvalue weighted by Gasteiger charge is 2.21. The smallest absolute Gasteiger partial charge is 0.267 e. The van der Waals surface area contributed by atoms with Gasteiger partial charge in [-0.2, -0.15) is 0 Å². The minimum atomic E-state index is -2.74. The lowest BCUT2D eigenvalue weighted by Gasteiger charge is -2.08. The van der Waals surface area contributed by atoms with Crippen LogP contribution in [0.5, 0.6) is 0 Å². The Morgan fingerprint density at radius 1 is 1.64 bits per heavy atom. The van der Waals surface area contributed by atoms with Crippen molar-refractivity contribution < 1.29 is 13.6 Å². The Morgan fingerprint density at radius 2 is 2.21 bits per heavy atom. The fourth-order valence-corrected chi connectivity index (χ4v) is 1.96. The summed E-state index contributed by atoms with van der Waals surface area (Å²) in [4.78, 5) is 14.7. The standard InChI is InChI=1S/C8H7F2IN2O/c1-3-2-4(8(12)14)5(6(9)10)7(11)13-3/h2,6H,1H3,(H2,12,14). The fraction of sp³-hybridized carbons (Fsp3) is 0.250. The molecule has 1 aromatic heterocycles. The Kier molecular flexibility index (Phi) is 3.35. The Balaban J connectivity index is 3.44. The lowest BCUT2D eigenvalue weighted by Crippen LogP contribution is -2.16. The lowest BCUT2D eigenvalue weighted by atomic mass is 10.1. The quantitative estimate of drug-likeness (QED) is 0.671. The molecule has 0 spiro atoms. The number of alkyl halides is 2. The van der Waals surface area contributed by atoms with Gasteiger partial charge < -0.3 is 5.73 Å². The minimum absolute atomic E-state index is 0.117. The molecule has 0 fully saturated rings. The van der Waals surface area contributed by atoms with E-state index >= 15 is 0 Å². The average Bonchev–Trinajstić information content (AvgIpc) is 2.01. The largest absolute Gasteiger partial charge is 0.366 e. The van der Waals surface area contributed by atoms with E-state index in [4.69, 9.17) is 5.73 Å². The van der Waals surface area contributed by atoms with E-state index in [0.717, 1.165) is 0 Å². The third-order valence-electron chi connectivity index (χ3n) is 1.62. The van der Waals surface area contributed by atoms with Crippen LogP contribution in [0.3, 0.4) is 0 Å². The number of aryl methyl sites for hydroxylation is 1. The Hall–Kier alpha value is -0.790. The zero-order chi connectivity index (χ0) is 10.9. The van der Waals surface area contributed by atoms with Gasteiger partial charge in [0.2, 0.25) is 5.91 Å². The van der Waals surface area contributed by atoms with Crippen molar-refractivity contribution in [3.8, 4) is 0 Å². The van der Waals surface area contributed by atoms with E-state index in [9.17, 15) is 13.6 Å². The van der Waals surface area contributed by atoms with Gasteiger partial charge in [-0.25, -0.2) is 13.8 Å². The van der Waals surface area contributed by atoms with Crippen molar-refractivity contribution >= 4 is 28.5 Å². The first kappa shape index (κ1) is 11.3. The van der Waals surface area contributed by atoms with E-state index in [-0.39, 0.29) is 14.8 Å². The lowest BCUT2D eigenvalue weighted by molar-refractivity contribution is 0.0985. The summed E-state index contributed by atoms with van der Waals surface area (Å²) in [6.07, 6.45) is -2.74. The van der Waals surface area contributed by atoms with Gasteiger partial charge in [0.05, 0.1) is 11.1 Å². The number of hydrogen-bond acceptors (Lipinski definition) is 2. The molecule has 76 valence electrons. The molecule has 0 saturated heterocycles. The molecule has 0 unspecified atom stereocenters. The molecule has 1 heterocycles. The monoisotopic (exact) mass is 312 g/mol. The van der Waals surface area contributed by atoms with Crippen molar-refractivity contribution in [2.45, 2.75) is 13.3 Å². The zero-order valence-corrected chi connectivity index (χ0v) is 9.38. The van der Waals surface area contributed by atoms with Crippen molar-refractivity contribution in [2.24, 2.45) is 5.73 Å². The number of aromatic nitrogens is 1. The van der Waals surface area contributed by atoms with Gasteiger partial charge in [-0.05, 0) is 35.6 Å². The van der Waals surface area contributed by atoms with Gasteiger partial charge in [-0.15, -0.1) is 0 Å². The van der Waals surface area contributed by atoms with E-state index < -0.39 is 12.3 Å². The number of nitrogens with zero attached hydrogens (tertiary/aromatic N) is 1. The van der Waals surface area contributed by atoms with Crippen LogP contribution in [-0.2, 0) is 0 Å². The molecule has 1 rings (SSSR count). The molecule has 0 aromatic carbocycles. The molecule has 0 radical (unpaired) electrons. The molecule has 0 bridgehead atoms. The molecule has 1 aromatic rings. The van der Waals surface area contributed by atoms with Crippen LogP contribution in [0.4, 0.5) is 8.78 Å². The Labute approximate surface area is 92.8 Å². The zero-order valence-electron chi connectivity index (χ0n) is 7.22. The summed E-state index contributed by atoms with van der Waals surface area (Å²) in [5, 5.41) is 0. The van der Waals surface area contributed by atoms with Gasteiger partial charge in [-0.3, -0.25) is 4.79 Å². The summed E-state index contributed by atoms with van der Waals surface area (Å²) in [5.74, 6) is -0.858. The number of carbonyl (C=O) groups is 1. The molecule has 0 aliphatic rings. The molecule has 0 aliphatic carbocycles. The van der Waals surface area contributed by atoms with Crippen LogP contribution < -0.4 is 5.73 Å². The summed E-state index contributed by atoms with van der Waals surface area (Å²) < 4.78 is 25.2. The van der Waals surface area contributed by atoms with Crippen LogP contribution in [-0.4, -0.2) is 10.9 Å². The maximum absolute atomic E-state index is 12.5. The summed E-state index contributed by atoms with van der Waals surface area (Å²) >= 11 is 1.66. The third kappa shape index (κ3) is 2.17. The van der Waals surface area contributed by atoms with Gasteiger partial charge in [0.1, 0.15) is 3.70 Å². The number of hydrogen-bond donors (Lipinski definition) is 1. The number of halogens is 3. The topological polar surface area (TPSA) is 56.0 Å². The first-order valence-corrected chi connectivity index (χ1v) is 4.76. The molecule has 3 nitrogen and oxygen atoms in total. The number of carbonyl (C=O) groups excluding carboxylic acids is 1. The van der Waals surface area contributed by atoms with Gasteiger partial charge in [0, 0.05) is 5.69 Å². The van der Waals surface area contributed by atoms with E-state index in [0.29, 0.717) is 5.69 Å². The predicted molar refractivity (Wildman–Crippen MR) is 55.2 cm³/mol. The SMILES string of the molecule is Cc1cc(C(N)=O)c(C(F)F)c(I)n1. The Bertz CT molecular complexity index is 382. The number of amides is 1. The normalized spacial score (nSPS) is 10.6. The number of pyridine rings is 1. The van der Waals surface area contributed by atoms with Crippen molar-refractivity contribution in [1.82, 2.24) is 4.98 Å². The van der Waals surface area contributed by atoms with Gasteiger partial charge in [0.15, 0.2) is 0 Å². The molecule has 0 saturated carbocycles. The van der Waals surface area contributed by atoms with Crippen molar-refractivity contribution in [3.05, 3.63) is 26.6 Å². The summed E-state index contributed by atoms with van der Waals surface area (Å²) in [6, 6.07) is 1.27. The van der Waals surface area contributed by atoms with Crippen molar-refractivity contribution in [2.75, 3.05) is 0 Å². The van der Waals surface area contributed by atoms with E-state index in [1.165, 1.54) is 6.07 Å². The molecule has 2 N–H and O–H groups in total. The van der Waals surface area contributed by atoms with Gasteiger partial charge in [-0.1, -0.05) is 0 Å². The highest BCUT2D eigenvalue weighted by molar-refractivity contribution is 14.1. The second kappa shape index (κ2) is 4.16. The number of nitrogens with two attached hydrogens (primary N) is 1. The second-order valence-electron chi connectivity index (χ2n) is 2.68. The first-order chi connectivity index (χ1) is 6.43. The molecule has 6 heteroatoms. The maximum atomic E-state index is 12.5. The molecular formula is C8H7F2IN2O. The van der Waals surface area contributed by atoms with Gasteiger partial charge in [0.25, 0.3) is 6.43 Å². The van der Waals surface area contributed by atoms with E-state index in [2.05, 4.69) is 4.98 Å². The van der Waals surface area contributed by atoms with Crippen molar-refractivity contribution in [1.29, 1.82) is 0 Å². The van der Waals surface area contributed by atoms with Crippen LogP contribution in [0.15, 0.2) is 6.07 Å². The highest BCUT2D eigenvalue weighted by Crippen LogP contribution is 2.27. The minimum Gasteiger partial charge on any atom is -0.366 e. The summed E-state index contributed by atoms with van der Waals surface area (Å²) in [7, 11) is 0. The predicted octanol–water partition coefficient (Wildman–Crippen LogP) is 2.03. The van der Waals surface area contributed by atoms with E-state index in [1.807, 2.05) is 0 Å². The van der Waals surface area contributed by atoms with Crippen LogP contribution in [0, 0.1) is 10.6 Å².